The van der Waals surface area contributed by atoms with E-state index in [9.17, 15) is 4.91 Å². The van der Waals surface area contributed by atoms with Gasteiger partial charge in [-0.25, -0.2) is 0 Å². The average Bonchev–Trinajstić information content (AvgIpc) is 1.88. The van der Waals surface area contributed by atoms with Crippen molar-refractivity contribution in [1.29, 1.82) is 0 Å². The zero-order chi connectivity index (χ0) is 7.56. The Hall–Kier alpha value is -0.640. The average molecular weight is 143 g/mol. The molecule has 0 aliphatic carbocycles. The Balaban J connectivity index is 2.53. The van der Waals surface area contributed by atoms with Crippen molar-refractivity contribution in [2.75, 3.05) is 13.1 Å². The molecule has 10 heavy (non-hydrogen) atoms. The van der Waals surface area contributed by atoms with Gasteiger partial charge in [0, 0.05) is 13.1 Å². The fourth-order valence-corrected chi connectivity index (χ4v) is 1.28. The van der Waals surface area contributed by atoms with Gasteiger partial charge in [-0.3, -0.25) is 5.01 Å². The lowest BCUT2D eigenvalue weighted by Gasteiger charge is -2.34. The third-order valence-electron chi connectivity index (χ3n) is 1.88. The van der Waals surface area contributed by atoms with E-state index in [1.54, 1.807) is 5.01 Å². The second-order valence-electron chi connectivity index (χ2n) is 2.82. The van der Waals surface area contributed by atoms with Gasteiger partial charge >= 0.3 is 0 Å². The lowest BCUT2D eigenvalue weighted by atomic mass is 10.2. The summed E-state index contributed by atoms with van der Waals surface area (Å²) in [4.78, 5) is 10.2. The number of hydrogen-bond acceptors (Lipinski definition) is 3. The van der Waals surface area contributed by atoms with Crippen LogP contribution in [0.4, 0.5) is 0 Å². The maximum absolute atomic E-state index is 10.2. The van der Waals surface area contributed by atoms with Gasteiger partial charge in [-0.15, -0.1) is 4.91 Å². The fourth-order valence-electron chi connectivity index (χ4n) is 1.28. The Morgan fingerprint density at radius 2 is 1.90 bits per heavy atom. The molecule has 0 radical (unpaired) electrons. The SMILES string of the molecule is C[C@@H]1CNC[C@H](C)N1N=O. The van der Waals surface area contributed by atoms with Gasteiger partial charge in [0.1, 0.15) is 0 Å². The second-order valence-corrected chi connectivity index (χ2v) is 2.82. The molecule has 1 fully saturated rings. The number of piperazine rings is 1. The highest BCUT2D eigenvalue weighted by Gasteiger charge is 2.23. The number of nitrogens with one attached hydrogen (secondary N) is 1. The summed E-state index contributed by atoms with van der Waals surface area (Å²) >= 11 is 0. The van der Waals surface area contributed by atoms with Crippen LogP contribution in [0.15, 0.2) is 5.29 Å². The summed E-state index contributed by atoms with van der Waals surface area (Å²) in [5.74, 6) is 0. The molecule has 2 atom stereocenters. The monoisotopic (exact) mass is 143 g/mol. The van der Waals surface area contributed by atoms with Gasteiger partial charge in [0.05, 0.1) is 17.4 Å². The molecule has 4 heteroatoms. The zero-order valence-corrected chi connectivity index (χ0v) is 6.37. The molecule has 1 saturated heterocycles. The quantitative estimate of drug-likeness (QED) is 0.539. The van der Waals surface area contributed by atoms with Crippen LogP contribution >= 0.6 is 0 Å². The molecule has 0 saturated carbocycles. The van der Waals surface area contributed by atoms with Crippen molar-refractivity contribution in [2.24, 2.45) is 5.29 Å². The molecule has 0 aromatic heterocycles. The van der Waals surface area contributed by atoms with E-state index in [0.717, 1.165) is 13.1 Å². The Labute approximate surface area is 60.5 Å². The molecule has 1 aliphatic heterocycles. The molecule has 4 nitrogen and oxygen atoms in total. The highest BCUT2D eigenvalue weighted by atomic mass is 16.3. The minimum atomic E-state index is 0.237. The normalized spacial score (nSPS) is 34.0. The van der Waals surface area contributed by atoms with Gasteiger partial charge in [0.15, 0.2) is 0 Å². The van der Waals surface area contributed by atoms with Crippen LogP contribution in [0, 0.1) is 4.91 Å². The molecule has 0 aromatic rings. The number of nitroso groups, excluding NO2 is 1. The first-order valence-electron chi connectivity index (χ1n) is 3.58. The van der Waals surface area contributed by atoms with Crippen LogP contribution in [0.3, 0.4) is 0 Å². The largest absolute Gasteiger partial charge is 0.313 e. The summed E-state index contributed by atoms with van der Waals surface area (Å²) < 4.78 is 0. The van der Waals surface area contributed by atoms with Gasteiger partial charge in [-0.05, 0) is 13.8 Å². The molecular weight excluding hydrogens is 130 g/mol. The van der Waals surface area contributed by atoms with Crippen LogP contribution in [0.1, 0.15) is 13.8 Å². The Kier molecular flexibility index (Phi) is 2.21. The summed E-state index contributed by atoms with van der Waals surface area (Å²) in [6.07, 6.45) is 0. The summed E-state index contributed by atoms with van der Waals surface area (Å²) in [5, 5.41) is 7.77. The van der Waals surface area contributed by atoms with E-state index in [1.807, 2.05) is 13.8 Å². The third-order valence-corrected chi connectivity index (χ3v) is 1.88. The standard InChI is InChI=1S/C6H13N3O/c1-5-3-7-4-6(2)9(5)8-10/h5-7H,3-4H2,1-2H3/t5-,6+. The molecular formula is C6H13N3O. The lowest BCUT2D eigenvalue weighted by Crippen LogP contribution is -2.52. The first-order valence-corrected chi connectivity index (χ1v) is 3.58. The van der Waals surface area contributed by atoms with E-state index in [4.69, 9.17) is 0 Å². The summed E-state index contributed by atoms with van der Waals surface area (Å²) in [7, 11) is 0. The first kappa shape index (κ1) is 7.47. The molecule has 58 valence electrons. The van der Waals surface area contributed by atoms with E-state index in [1.165, 1.54) is 0 Å². The van der Waals surface area contributed by atoms with Crippen LogP contribution in [0.5, 0.6) is 0 Å². The van der Waals surface area contributed by atoms with Gasteiger partial charge in [-0.1, -0.05) is 0 Å². The van der Waals surface area contributed by atoms with Crippen molar-refractivity contribution in [2.45, 2.75) is 25.9 Å². The molecule has 0 bridgehead atoms. The molecule has 1 rings (SSSR count). The number of nitrogens with zero attached hydrogens (tertiary/aromatic N) is 2. The Bertz CT molecular complexity index is 118. The smallest absolute Gasteiger partial charge is 0.0602 e. The van der Waals surface area contributed by atoms with E-state index in [2.05, 4.69) is 10.6 Å². The maximum Gasteiger partial charge on any atom is 0.0602 e. The van der Waals surface area contributed by atoms with E-state index >= 15 is 0 Å². The summed E-state index contributed by atoms with van der Waals surface area (Å²) in [6.45, 7) is 5.69. The van der Waals surface area contributed by atoms with E-state index in [-0.39, 0.29) is 12.1 Å². The molecule has 1 heterocycles. The topological polar surface area (TPSA) is 44.7 Å². The van der Waals surface area contributed by atoms with Crippen molar-refractivity contribution in [3.05, 3.63) is 4.91 Å². The fraction of sp³-hybridized carbons (Fsp3) is 1.00. The minimum Gasteiger partial charge on any atom is -0.313 e. The van der Waals surface area contributed by atoms with Gasteiger partial charge in [-0.2, -0.15) is 0 Å². The summed E-state index contributed by atoms with van der Waals surface area (Å²) in [6, 6.07) is 0.475. The predicted molar refractivity (Wildman–Crippen MR) is 39.4 cm³/mol. The number of rotatable bonds is 1. The molecule has 0 amide bonds. The second kappa shape index (κ2) is 2.96. The van der Waals surface area contributed by atoms with Crippen molar-refractivity contribution < 1.29 is 0 Å². The minimum absolute atomic E-state index is 0.237. The molecule has 0 spiro atoms. The first-order chi connectivity index (χ1) is 4.75. The van der Waals surface area contributed by atoms with Crippen LogP contribution in [-0.4, -0.2) is 30.2 Å². The molecule has 1 N–H and O–H groups in total. The molecule has 0 aromatic carbocycles. The maximum atomic E-state index is 10.2. The summed E-state index contributed by atoms with van der Waals surface area (Å²) in [5.41, 5.74) is 0. The van der Waals surface area contributed by atoms with E-state index in [0.29, 0.717) is 0 Å². The van der Waals surface area contributed by atoms with Crippen molar-refractivity contribution in [3.8, 4) is 0 Å². The zero-order valence-electron chi connectivity index (χ0n) is 6.37. The highest BCUT2D eigenvalue weighted by molar-refractivity contribution is 4.79. The predicted octanol–water partition coefficient (Wildman–Crippen LogP) is 0.350. The van der Waals surface area contributed by atoms with Gasteiger partial charge < -0.3 is 5.32 Å². The Morgan fingerprint density at radius 1 is 1.40 bits per heavy atom. The third kappa shape index (κ3) is 1.26. The van der Waals surface area contributed by atoms with Crippen LogP contribution in [0.2, 0.25) is 0 Å². The van der Waals surface area contributed by atoms with Gasteiger partial charge in [0.2, 0.25) is 0 Å². The van der Waals surface area contributed by atoms with Gasteiger partial charge in [0.25, 0.3) is 0 Å². The molecule has 1 aliphatic rings. The highest BCUT2D eigenvalue weighted by Crippen LogP contribution is 2.08. The van der Waals surface area contributed by atoms with Crippen LogP contribution < -0.4 is 5.32 Å². The van der Waals surface area contributed by atoms with E-state index < -0.39 is 0 Å². The Morgan fingerprint density at radius 3 is 2.20 bits per heavy atom. The van der Waals surface area contributed by atoms with Crippen LogP contribution in [0.25, 0.3) is 0 Å². The van der Waals surface area contributed by atoms with Crippen molar-refractivity contribution in [3.63, 3.8) is 0 Å². The number of hydrogen-bond donors (Lipinski definition) is 1. The van der Waals surface area contributed by atoms with Crippen molar-refractivity contribution in [1.82, 2.24) is 10.3 Å². The lowest BCUT2D eigenvalue weighted by molar-refractivity contribution is 0.120. The van der Waals surface area contributed by atoms with Crippen LogP contribution in [-0.2, 0) is 0 Å². The van der Waals surface area contributed by atoms with Crippen molar-refractivity contribution >= 4 is 0 Å². The molecule has 0 unspecified atom stereocenters.